The van der Waals surface area contributed by atoms with E-state index in [4.69, 9.17) is 5.73 Å². The fraction of sp³-hybridized carbons (Fsp3) is 0.375. The number of guanidine groups is 1. The highest BCUT2D eigenvalue weighted by Crippen LogP contribution is 2.17. The number of aliphatic imine (C=N–C) groups is 1. The van der Waals surface area contributed by atoms with Crippen LogP contribution in [0.25, 0.3) is 10.9 Å². The van der Waals surface area contributed by atoms with E-state index in [2.05, 4.69) is 33.5 Å². The molecule has 1 fully saturated rings. The van der Waals surface area contributed by atoms with Gasteiger partial charge in [0.15, 0.2) is 5.96 Å². The van der Waals surface area contributed by atoms with Crippen molar-refractivity contribution in [1.82, 2.24) is 10.3 Å². The minimum Gasteiger partial charge on any atom is -0.370 e. The highest BCUT2D eigenvalue weighted by molar-refractivity contribution is 5.80. The standard InChI is InChI=1S/C16H20N4/c17-16(20-14-5-1-2-6-14)19-11-12-7-8-15-13(10-12)4-3-9-18-15/h3-4,7-10,14H,1-2,5-6,11H2,(H3,17,19,20). The number of nitrogens with two attached hydrogens (primary N) is 1. The van der Waals surface area contributed by atoms with E-state index in [1.54, 1.807) is 0 Å². The number of nitrogens with zero attached hydrogens (tertiary/aromatic N) is 2. The van der Waals surface area contributed by atoms with Gasteiger partial charge in [0.2, 0.25) is 0 Å². The minimum atomic E-state index is 0.513. The number of benzene rings is 1. The summed E-state index contributed by atoms with van der Waals surface area (Å²) in [4.78, 5) is 8.74. The zero-order chi connectivity index (χ0) is 13.8. The van der Waals surface area contributed by atoms with Crippen LogP contribution in [-0.4, -0.2) is 17.0 Å². The Morgan fingerprint density at radius 3 is 3.00 bits per heavy atom. The first kappa shape index (κ1) is 12.9. The lowest BCUT2D eigenvalue weighted by Crippen LogP contribution is -2.38. The molecule has 4 nitrogen and oxygen atoms in total. The fourth-order valence-electron chi connectivity index (χ4n) is 2.72. The Kier molecular flexibility index (Phi) is 3.81. The molecule has 104 valence electrons. The largest absolute Gasteiger partial charge is 0.370 e. The van der Waals surface area contributed by atoms with Gasteiger partial charge in [-0.3, -0.25) is 4.98 Å². The third-order valence-corrected chi connectivity index (χ3v) is 3.81. The maximum absolute atomic E-state index is 5.94. The normalized spacial score (nSPS) is 16.7. The highest BCUT2D eigenvalue weighted by Gasteiger charge is 2.14. The first-order chi connectivity index (χ1) is 9.81. The minimum absolute atomic E-state index is 0.513. The summed E-state index contributed by atoms with van der Waals surface area (Å²) in [6.45, 7) is 0.608. The van der Waals surface area contributed by atoms with E-state index < -0.39 is 0 Å². The number of hydrogen-bond acceptors (Lipinski definition) is 2. The van der Waals surface area contributed by atoms with Crippen LogP contribution in [0.2, 0.25) is 0 Å². The zero-order valence-electron chi connectivity index (χ0n) is 11.5. The molecule has 1 aromatic carbocycles. The average molecular weight is 268 g/mol. The smallest absolute Gasteiger partial charge is 0.189 e. The number of hydrogen-bond donors (Lipinski definition) is 2. The summed E-state index contributed by atoms with van der Waals surface area (Å²) in [5.74, 6) is 0.559. The summed E-state index contributed by atoms with van der Waals surface area (Å²) in [6, 6.07) is 10.7. The lowest BCUT2D eigenvalue weighted by molar-refractivity contribution is 0.625. The molecule has 1 saturated carbocycles. The molecule has 3 rings (SSSR count). The molecule has 0 spiro atoms. The van der Waals surface area contributed by atoms with Gasteiger partial charge in [-0.25, -0.2) is 4.99 Å². The third kappa shape index (κ3) is 3.07. The zero-order valence-corrected chi connectivity index (χ0v) is 11.5. The van der Waals surface area contributed by atoms with Gasteiger partial charge in [0.25, 0.3) is 0 Å². The van der Waals surface area contributed by atoms with Gasteiger partial charge in [0.05, 0.1) is 12.1 Å². The van der Waals surface area contributed by atoms with E-state index in [9.17, 15) is 0 Å². The van der Waals surface area contributed by atoms with Crippen LogP contribution >= 0.6 is 0 Å². The van der Waals surface area contributed by atoms with Gasteiger partial charge in [-0.05, 0) is 36.6 Å². The SMILES string of the molecule is NC(=NCc1ccc2ncccc2c1)NC1CCCC1. The van der Waals surface area contributed by atoms with Gasteiger partial charge in [-0.15, -0.1) is 0 Å². The van der Waals surface area contributed by atoms with Crippen LogP contribution in [0.3, 0.4) is 0 Å². The Hall–Kier alpha value is -2.10. The molecule has 0 atom stereocenters. The molecule has 4 heteroatoms. The summed E-state index contributed by atoms with van der Waals surface area (Å²) in [6.07, 6.45) is 6.81. The van der Waals surface area contributed by atoms with Crippen LogP contribution in [0, 0.1) is 0 Å². The Morgan fingerprint density at radius 1 is 1.30 bits per heavy atom. The van der Waals surface area contributed by atoms with Gasteiger partial charge >= 0.3 is 0 Å². The van der Waals surface area contributed by atoms with E-state index in [-0.39, 0.29) is 0 Å². The second kappa shape index (κ2) is 5.90. The highest BCUT2D eigenvalue weighted by atomic mass is 15.1. The van der Waals surface area contributed by atoms with Gasteiger partial charge in [-0.1, -0.05) is 25.0 Å². The van der Waals surface area contributed by atoms with E-state index in [0.717, 1.165) is 16.5 Å². The monoisotopic (exact) mass is 268 g/mol. The molecular formula is C16H20N4. The van der Waals surface area contributed by atoms with Crippen molar-refractivity contribution in [1.29, 1.82) is 0 Å². The van der Waals surface area contributed by atoms with Crippen molar-refractivity contribution in [3.63, 3.8) is 0 Å². The van der Waals surface area contributed by atoms with Gasteiger partial charge in [0.1, 0.15) is 0 Å². The predicted octanol–water partition coefficient (Wildman–Crippen LogP) is 2.58. The van der Waals surface area contributed by atoms with Crippen molar-refractivity contribution in [2.24, 2.45) is 10.7 Å². The quantitative estimate of drug-likeness (QED) is 0.664. The van der Waals surface area contributed by atoms with Crippen LogP contribution in [0.1, 0.15) is 31.2 Å². The maximum Gasteiger partial charge on any atom is 0.189 e. The molecule has 1 aliphatic carbocycles. The third-order valence-electron chi connectivity index (χ3n) is 3.81. The second-order valence-electron chi connectivity index (χ2n) is 5.36. The summed E-state index contributed by atoms with van der Waals surface area (Å²) in [5, 5.41) is 4.44. The number of rotatable bonds is 3. The Bertz CT molecular complexity index is 615. The Morgan fingerprint density at radius 2 is 2.15 bits per heavy atom. The predicted molar refractivity (Wildman–Crippen MR) is 82.5 cm³/mol. The first-order valence-corrected chi connectivity index (χ1v) is 7.21. The number of fused-ring (bicyclic) bond motifs is 1. The summed E-state index contributed by atoms with van der Waals surface area (Å²) >= 11 is 0. The molecule has 0 bridgehead atoms. The van der Waals surface area contributed by atoms with Crippen LogP contribution in [-0.2, 0) is 6.54 Å². The maximum atomic E-state index is 5.94. The van der Waals surface area contributed by atoms with Crippen molar-refractivity contribution in [3.8, 4) is 0 Å². The van der Waals surface area contributed by atoms with Crippen LogP contribution < -0.4 is 11.1 Å². The van der Waals surface area contributed by atoms with Gasteiger partial charge < -0.3 is 11.1 Å². The molecule has 1 aromatic heterocycles. The molecule has 0 unspecified atom stereocenters. The van der Waals surface area contributed by atoms with Crippen molar-refractivity contribution >= 4 is 16.9 Å². The van der Waals surface area contributed by atoms with E-state index in [1.165, 1.54) is 25.7 Å². The topological polar surface area (TPSA) is 63.3 Å². The molecule has 0 radical (unpaired) electrons. The number of nitrogens with one attached hydrogen (secondary N) is 1. The van der Waals surface area contributed by atoms with Crippen molar-refractivity contribution in [3.05, 3.63) is 42.1 Å². The van der Waals surface area contributed by atoms with E-state index in [0.29, 0.717) is 18.5 Å². The summed E-state index contributed by atoms with van der Waals surface area (Å²) in [7, 11) is 0. The van der Waals surface area contributed by atoms with E-state index in [1.807, 2.05) is 18.3 Å². The Balaban J connectivity index is 1.66. The fourth-order valence-corrected chi connectivity index (χ4v) is 2.72. The van der Waals surface area contributed by atoms with Crippen molar-refractivity contribution in [2.75, 3.05) is 0 Å². The van der Waals surface area contributed by atoms with Crippen LogP contribution in [0.4, 0.5) is 0 Å². The van der Waals surface area contributed by atoms with Crippen molar-refractivity contribution < 1.29 is 0 Å². The van der Waals surface area contributed by atoms with Gasteiger partial charge in [0, 0.05) is 17.6 Å². The molecule has 0 saturated heterocycles. The molecule has 20 heavy (non-hydrogen) atoms. The summed E-state index contributed by atoms with van der Waals surface area (Å²) in [5.41, 5.74) is 8.11. The molecule has 0 amide bonds. The first-order valence-electron chi connectivity index (χ1n) is 7.21. The molecule has 1 aliphatic rings. The average Bonchev–Trinajstić information content (AvgIpc) is 2.98. The number of pyridine rings is 1. The van der Waals surface area contributed by atoms with Crippen molar-refractivity contribution in [2.45, 2.75) is 38.3 Å². The molecule has 0 aliphatic heterocycles. The number of aromatic nitrogens is 1. The Labute approximate surface area is 119 Å². The van der Waals surface area contributed by atoms with Crippen LogP contribution in [0.15, 0.2) is 41.5 Å². The lowest BCUT2D eigenvalue weighted by atomic mass is 10.1. The second-order valence-corrected chi connectivity index (χ2v) is 5.36. The van der Waals surface area contributed by atoms with E-state index >= 15 is 0 Å². The molecule has 2 aromatic rings. The lowest BCUT2D eigenvalue weighted by Gasteiger charge is -2.12. The van der Waals surface area contributed by atoms with Gasteiger partial charge in [-0.2, -0.15) is 0 Å². The molecular weight excluding hydrogens is 248 g/mol. The summed E-state index contributed by atoms with van der Waals surface area (Å²) < 4.78 is 0. The molecule has 3 N–H and O–H groups in total. The van der Waals surface area contributed by atoms with Crippen LogP contribution in [0.5, 0.6) is 0 Å². The molecule has 1 heterocycles.